The minimum absolute atomic E-state index is 0.0638. The number of fused-ring (bicyclic) bond motifs is 1. The summed E-state index contributed by atoms with van der Waals surface area (Å²) in [7, 11) is 1.35. The van der Waals surface area contributed by atoms with E-state index in [1.54, 1.807) is 4.90 Å². The Hall–Kier alpha value is -2.14. The lowest BCUT2D eigenvalue weighted by atomic mass is 9.77. The van der Waals surface area contributed by atoms with Gasteiger partial charge in [0, 0.05) is 5.69 Å². The van der Waals surface area contributed by atoms with Crippen LogP contribution in [-0.4, -0.2) is 37.2 Å². The minimum atomic E-state index is -0.689. The molecule has 114 valence electrons. The molecule has 0 radical (unpaired) electrons. The number of anilines is 1. The van der Waals surface area contributed by atoms with Crippen molar-refractivity contribution in [2.45, 2.75) is 18.6 Å². The second-order valence-electron chi connectivity index (χ2n) is 6.18. The zero-order valence-corrected chi connectivity index (χ0v) is 12.5. The van der Waals surface area contributed by atoms with E-state index >= 15 is 0 Å². The summed E-state index contributed by atoms with van der Waals surface area (Å²) in [5.74, 6) is -1.47. The highest BCUT2D eigenvalue weighted by molar-refractivity contribution is 6.02. The highest BCUT2D eigenvalue weighted by Gasteiger charge is 2.67. The molecule has 0 N–H and O–H groups in total. The van der Waals surface area contributed by atoms with Crippen LogP contribution < -0.4 is 4.90 Å². The van der Waals surface area contributed by atoms with Crippen LogP contribution >= 0.6 is 0 Å². The van der Waals surface area contributed by atoms with Gasteiger partial charge in [-0.05, 0) is 19.1 Å². The Kier molecular flexibility index (Phi) is 2.72. The smallest absolute Gasteiger partial charge is 0.312 e. The lowest BCUT2D eigenvalue weighted by Gasteiger charge is -2.22. The predicted molar refractivity (Wildman–Crippen MR) is 79.3 cm³/mol. The molecule has 2 saturated heterocycles. The third-order valence-corrected chi connectivity index (χ3v) is 4.92. The molecule has 0 aromatic heterocycles. The maximum absolute atomic E-state index is 12.9. The molecule has 2 bridgehead atoms. The molecule has 1 amide bonds. The molecule has 1 aromatic rings. The lowest BCUT2D eigenvalue weighted by molar-refractivity contribution is -0.149. The summed E-state index contributed by atoms with van der Waals surface area (Å²) in [6.45, 7) is 2.45. The molecule has 4 rings (SSSR count). The minimum Gasteiger partial charge on any atom is -0.469 e. The van der Waals surface area contributed by atoms with E-state index in [4.69, 9.17) is 9.47 Å². The Morgan fingerprint density at radius 1 is 1.36 bits per heavy atom. The third kappa shape index (κ3) is 1.63. The molecule has 3 aliphatic heterocycles. The molecule has 3 heterocycles. The summed E-state index contributed by atoms with van der Waals surface area (Å²) in [4.78, 5) is 26.7. The van der Waals surface area contributed by atoms with Crippen LogP contribution in [0.1, 0.15) is 5.56 Å². The number of aryl methyl sites for hydroxylation is 1. The highest BCUT2D eigenvalue weighted by Crippen LogP contribution is 2.52. The van der Waals surface area contributed by atoms with Crippen molar-refractivity contribution in [2.24, 2.45) is 11.8 Å². The first-order valence-electron chi connectivity index (χ1n) is 7.39. The maximum Gasteiger partial charge on any atom is 0.312 e. The monoisotopic (exact) mass is 299 g/mol. The number of benzene rings is 1. The van der Waals surface area contributed by atoms with E-state index in [2.05, 4.69) is 0 Å². The fourth-order valence-electron chi connectivity index (χ4n) is 3.85. The number of hydrogen-bond acceptors (Lipinski definition) is 4. The first-order valence-corrected chi connectivity index (χ1v) is 7.39. The van der Waals surface area contributed by atoms with Crippen LogP contribution in [-0.2, 0) is 19.1 Å². The van der Waals surface area contributed by atoms with E-state index in [-0.39, 0.29) is 18.0 Å². The summed E-state index contributed by atoms with van der Waals surface area (Å²) < 4.78 is 10.9. The zero-order valence-electron chi connectivity index (χ0n) is 12.5. The van der Waals surface area contributed by atoms with Crippen LogP contribution in [0.15, 0.2) is 36.4 Å². The molecule has 3 aliphatic rings. The summed E-state index contributed by atoms with van der Waals surface area (Å²) in [5.41, 5.74) is 1.28. The largest absolute Gasteiger partial charge is 0.469 e. The molecule has 2 fully saturated rings. The predicted octanol–water partition coefficient (Wildman–Crippen LogP) is 1.45. The molecule has 0 unspecified atom stereocenters. The van der Waals surface area contributed by atoms with Gasteiger partial charge in [-0.1, -0.05) is 29.8 Å². The maximum atomic E-state index is 12.9. The van der Waals surface area contributed by atoms with Crippen LogP contribution in [0.4, 0.5) is 5.69 Å². The van der Waals surface area contributed by atoms with E-state index in [0.717, 1.165) is 11.3 Å². The van der Waals surface area contributed by atoms with E-state index in [0.29, 0.717) is 6.54 Å². The average molecular weight is 299 g/mol. The number of carbonyl (C=O) groups excluding carboxylic acids is 2. The topological polar surface area (TPSA) is 55.8 Å². The Bertz CT molecular complexity index is 680. The number of nitrogens with zero attached hydrogens (tertiary/aromatic N) is 1. The van der Waals surface area contributed by atoms with Crippen molar-refractivity contribution in [2.75, 3.05) is 18.6 Å². The quantitative estimate of drug-likeness (QED) is 0.613. The van der Waals surface area contributed by atoms with Gasteiger partial charge in [0.1, 0.15) is 11.5 Å². The number of carbonyl (C=O) groups is 2. The number of ether oxygens (including phenoxy) is 2. The second kappa shape index (κ2) is 4.43. The van der Waals surface area contributed by atoms with Gasteiger partial charge in [-0.2, -0.15) is 0 Å². The first-order chi connectivity index (χ1) is 10.6. The SMILES string of the molecule is COC(=O)[C@@H]1[C@@H]2C=C[C@@]3(CN(c4ccc(C)cc4)C(=O)[C@@H]13)O2. The Morgan fingerprint density at radius 2 is 2.09 bits per heavy atom. The van der Waals surface area contributed by atoms with Gasteiger partial charge in [-0.3, -0.25) is 9.59 Å². The zero-order chi connectivity index (χ0) is 15.5. The molecule has 0 saturated carbocycles. The summed E-state index contributed by atoms with van der Waals surface area (Å²) in [5, 5.41) is 0. The number of rotatable bonds is 2. The van der Waals surface area contributed by atoms with Crippen LogP contribution in [0.5, 0.6) is 0 Å². The Morgan fingerprint density at radius 3 is 2.77 bits per heavy atom. The number of esters is 1. The van der Waals surface area contributed by atoms with E-state index in [1.807, 2.05) is 43.3 Å². The van der Waals surface area contributed by atoms with Crippen molar-refractivity contribution in [3.63, 3.8) is 0 Å². The summed E-state index contributed by atoms with van der Waals surface area (Å²) in [6, 6.07) is 7.79. The average Bonchev–Trinajstić information content (AvgIpc) is 3.16. The molecule has 4 atom stereocenters. The normalized spacial score (nSPS) is 35.1. The van der Waals surface area contributed by atoms with Crippen molar-refractivity contribution < 1.29 is 19.1 Å². The number of amides is 1. The van der Waals surface area contributed by atoms with E-state index in [9.17, 15) is 9.59 Å². The molecule has 1 aromatic carbocycles. The summed E-state index contributed by atoms with van der Waals surface area (Å²) in [6.07, 6.45) is 3.47. The molecule has 1 spiro atoms. The molecular formula is C17H17NO4. The highest BCUT2D eigenvalue weighted by atomic mass is 16.5. The van der Waals surface area contributed by atoms with Crippen molar-refractivity contribution in [1.82, 2.24) is 0 Å². The van der Waals surface area contributed by atoms with Gasteiger partial charge in [-0.25, -0.2) is 0 Å². The van der Waals surface area contributed by atoms with Crippen LogP contribution in [0.3, 0.4) is 0 Å². The Balaban J connectivity index is 1.71. The van der Waals surface area contributed by atoms with Crippen LogP contribution in [0.2, 0.25) is 0 Å². The van der Waals surface area contributed by atoms with Crippen LogP contribution in [0, 0.1) is 18.8 Å². The Labute approximate surface area is 128 Å². The number of hydrogen-bond donors (Lipinski definition) is 0. The first kappa shape index (κ1) is 13.5. The van der Waals surface area contributed by atoms with E-state index < -0.39 is 17.4 Å². The van der Waals surface area contributed by atoms with Gasteiger partial charge in [0.05, 0.1) is 25.7 Å². The lowest BCUT2D eigenvalue weighted by Crippen LogP contribution is -2.39. The molecule has 5 heteroatoms. The van der Waals surface area contributed by atoms with Gasteiger partial charge in [-0.15, -0.1) is 0 Å². The second-order valence-corrected chi connectivity index (χ2v) is 6.18. The van der Waals surface area contributed by atoms with Gasteiger partial charge >= 0.3 is 5.97 Å². The van der Waals surface area contributed by atoms with Crippen molar-refractivity contribution in [3.8, 4) is 0 Å². The molecular weight excluding hydrogens is 282 g/mol. The fourth-order valence-corrected chi connectivity index (χ4v) is 3.85. The molecule has 0 aliphatic carbocycles. The van der Waals surface area contributed by atoms with Gasteiger partial charge in [0.15, 0.2) is 0 Å². The van der Waals surface area contributed by atoms with E-state index in [1.165, 1.54) is 7.11 Å². The van der Waals surface area contributed by atoms with Gasteiger partial charge in [0.2, 0.25) is 5.91 Å². The van der Waals surface area contributed by atoms with Crippen LogP contribution in [0.25, 0.3) is 0 Å². The third-order valence-electron chi connectivity index (χ3n) is 4.92. The fraction of sp³-hybridized carbons (Fsp3) is 0.412. The van der Waals surface area contributed by atoms with Crippen molar-refractivity contribution in [3.05, 3.63) is 42.0 Å². The molecule has 5 nitrogen and oxygen atoms in total. The van der Waals surface area contributed by atoms with Crippen molar-refractivity contribution in [1.29, 1.82) is 0 Å². The van der Waals surface area contributed by atoms with Crippen molar-refractivity contribution >= 4 is 17.6 Å². The van der Waals surface area contributed by atoms with Gasteiger partial charge in [0.25, 0.3) is 0 Å². The van der Waals surface area contributed by atoms with Gasteiger partial charge < -0.3 is 14.4 Å². The summed E-state index contributed by atoms with van der Waals surface area (Å²) >= 11 is 0. The molecule has 22 heavy (non-hydrogen) atoms. The number of methoxy groups -OCH3 is 1. The standard InChI is InChI=1S/C17H17NO4/c1-10-3-5-11(6-4-10)18-9-17-8-7-12(22-17)13(16(20)21-2)14(17)15(18)19/h3-8,12-14H,9H2,1-2H3/t12-,13+,14+,17-/m0/s1.